The van der Waals surface area contributed by atoms with E-state index in [4.69, 9.17) is 17.3 Å². The largest absolute Gasteiger partial charge is 0.412 e. The van der Waals surface area contributed by atoms with E-state index in [9.17, 15) is 0 Å². The van der Waals surface area contributed by atoms with E-state index in [0.717, 1.165) is 10.7 Å². The molecule has 0 heterocycles. The van der Waals surface area contributed by atoms with Gasteiger partial charge >= 0.3 is 0 Å². The van der Waals surface area contributed by atoms with Crippen molar-refractivity contribution in [2.24, 2.45) is 0 Å². The third kappa shape index (κ3) is 2.35. The first-order valence-electron chi connectivity index (χ1n) is 2.30. The van der Waals surface area contributed by atoms with Gasteiger partial charge in [0, 0.05) is 10.7 Å². The third-order valence-corrected chi connectivity index (χ3v) is 1.12. The number of halogens is 1. The zero-order valence-electron chi connectivity index (χ0n) is 4.76. The topological polar surface area (TPSA) is 57.5 Å². The normalized spacial score (nSPS) is 8.11. The van der Waals surface area contributed by atoms with Crippen molar-refractivity contribution in [2.45, 2.75) is 0 Å². The molecule has 0 saturated heterocycles. The predicted molar refractivity (Wildman–Crippen MR) is 39.5 cm³/mol. The Morgan fingerprint density at radius 1 is 1.11 bits per heavy atom. The summed E-state index contributed by atoms with van der Waals surface area (Å²) in [5.74, 6) is 0. The number of nitrogen functional groups attached to an aromatic ring is 1. The summed E-state index contributed by atoms with van der Waals surface area (Å²) in [6, 6.07) is 7.05. The molecule has 0 aliphatic rings. The van der Waals surface area contributed by atoms with E-state index in [1.54, 1.807) is 24.3 Å². The Morgan fingerprint density at radius 3 is 1.89 bits per heavy atom. The zero-order chi connectivity index (χ0) is 5.98. The highest BCUT2D eigenvalue weighted by Crippen LogP contribution is 2.09. The monoisotopic (exact) mass is 145 g/mol. The molecule has 0 aliphatic heterocycles. The lowest BCUT2D eigenvalue weighted by molar-refractivity contribution is 0.824. The van der Waals surface area contributed by atoms with Crippen LogP contribution in [-0.2, 0) is 0 Å². The van der Waals surface area contributed by atoms with Crippen molar-refractivity contribution in [3.63, 3.8) is 0 Å². The minimum atomic E-state index is 0. The van der Waals surface area contributed by atoms with Crippen LogP contribution in [-0.4, -0.2) is 5.48 Å². The van der Waals surface area contributed by atoms with Gasteiger partial charge in [-0.05, 0) is 24.3 Å². The van der Waals surface area contributed by atoms with E-state index in [-0.39, 0.29) is 5.48 Å². The smallest absolute Gasteiger partial charge is 0.0407 e. The molecule has 9 heavy (non-hydrogen) atoms. The lowest BCUT2D eigenvalue weighted by atomic mass is 10.3. The van der Waals surface area contributed by atoms with Crippen LogP contribution in [0.2, 0.25) is 5.02 Å². The van der Waals surface area contributed by atoms with Crippen LogP contribution in [0, 0.1) is 0 Å². The van der Waals surface area contributed by atoms with Gasteiger partial charge in [-0.1, -0.05) is 11.6 Å². The van der Waals surface area contributed by atoms with Crippen molar-refractivity contribution in [2.75, 3.05) is 5.73 Å². The second kappa shape index (κ2) is 3.33. The summed E-state index contributed by atoms with van der Waals surface area (Å²) in [6.45, 7) is 0. The molecule has 0 radical (unpaired) electrons. The summed E-state index contributed by atoms with van der Waals surface area (Å²) in [4.78, 5) is 0. The molecule has 1 aromatic rings. The van der Waals surface area contributed by atoms with Crippen LogP contribution in [0.4, 0.5) is 5.69 Å². The number of benzene rings is 1. The Labute approximate surface area is 58.6 Å². The molecule has 0 atom stereocenters. The van der Waals surface area contributed by atoms with Crippen LogP contribution in [0.1, 0.15) is 0 Å². The van der Waals surface area contributed by atoms with Gasteiger partial charge in [0.1, 0.15) is 0 Å². The van der Waals surface area contributed by atoms with Gasteiger partial charge in [0.15, 0.2) is 0 Å². The highest BCUT2D eigenvalue weighted by atomic mass is 35.5. The second-order valence-corrected chi connectivity index (χ2v) is 1.99. The quantitative estimate of drug-likeness (QED) is 0.546. The van der Waals surface area contributed by atoms with Gasteiger partial charge < -0.3 is 11.2 Å². The van der Waals surface area contributed by atoms with E-state index in [1.807, 2.05) is 0 Å². The summed E-state index contributed by atoms with van der Waals surface area (Å²) in [5.41, 5.74) is 6.11. The van der Waals surface area contributed by atoms with Crippen LogP contribution in [0.5, 0.6) is 0 Å². The maximum Gasteiger partial charge on any atom is 0.0407 e. The van der Waals surface area contributed by atoms with Crippen LogP contribution in [0.15, 0.2) is 24.3 Å². The molecule has 2 nitrogen and oxygen atoms in total. The van der Waals surface area contributed by atoms with Crippen LogP contribution < -0.4 is 5.73 Å². The van der Waals surface area contributed by atoms with Crippen LogP contribution in [0.3, 0.4) is 0 Å². The molecule has 0 spiro atoms. The Balaban J connectivity index is 0.000000640. The third-order valence-electron chi connectivity index (χ3n) is 0.870. The summed E-state index contributed by atoms with van der Waals surface area (Å²) in [7, 11) is 0. The highest BCUT2D eigenvalue weighted by Gasteiger charge is 1.82. The van der Waals surface area contributed by atoms with E-state index in [2.05, 4.69) is 0 Å². The average molecular weight is 146 g/mol. The fourth-order valence-corrected chi connectivity index (χ4v) is 0.589. The standard InChI is InChI=1S/C6H6ClN.H2O/c7-5-1-3-6(8)4-2-5;/h1-4H,8H2;1H2. The minimum absolute atomic E-state index is 0. The van der Waals surface area contributed by atoms with Gasteiger partial charge in [0.25, 0.3) is 0 Å². The molecular weight excluding hydrogens is 138 g/mol. The SMILES string of the molecule is Nc1ccc(Cl)cc1.O. The molecule has 50 valence electrons. The van der Waals surface area contributed by atoms with Gasteiger partial charge in [0.2, 0.25) is 0 Å². The lowest BCUT2D eigenvalue weighted by Crippen LogP contribution is -1.80. The molecule has 3 heteroatoms. The second-order valence-electron chi connectivity index (χ2n) is 1.55. The molecule has 0 unspecified atom stereocenters. The molecule has 4 N–H and O–H groups in total. The average Bonchev–Trinajstić information content (AvgIpc) is 1.77. The van der Waals surface area contributed by atoms with Crippen molar-refractivity contribution < 1.29 is 5.48 Å². The molecule has 1 aromatic carbocycles. The van der Waals surface area contributed by atoms with Gasteiger partial charge in [0.05, 0.1) is 0 Å². The van der Waals surface area contributed by atoms with E-state index in [0.29, 0.717) is 0 Å². The van der Waals surface area contributed by atoms with Crippen molar-refractivity contribution in [1.82, 2.24) is 0 Å². The van der Waals surface area contributed by atoms with E-state index >= 15 is 0 Å². The van der Waals surface area contributed by atoms with Crippen molar-refractivity contribution >= 4 is 17.3 Å². The van der Waals surface area contributed by atoms with Crippen LogP contribution in [0.25, 0.3) is 0 Å². The fourth-order valence-electron chi connectivity index (χ4n) is 0.463. The highest BCUT2D eigenvalue weighted by molar-refractivity contribution is 6.30. The van der Waals surface area contributed by atoms with E-state index < -0.39 is 0 Å². The number of hydrogen-bond donors (Lipinski definition) is 1. The minimum Gasteiger partial charge on any atom is -0.412 e. The number of rotatable bonds is 0. The van der Waals surface area contributed by atoms with Crippen LogP contribution >= 0.6 is 11.6 Å². The first-order valence-corrected chi connectivity index (χ1v) is 2.68. The maximum atomic E-state index is 5.56. The molecular formula is C6H8ClNO. The molecule has 1 rings (SSSR count). The summed E-state index contributed by atoms with van der Waals surface area (Å²) in [6.07, 6.45) is 0. The Morgan fingerprint density at radius 2 is 1.56 bits per heavy atom. The van der Waals surface area contributed by atoms with Gasteiger partial charge in [-0.15, -0.1) is 0 Å². The zero-order valence-corrected chi connectivity index (χ0v) is 5.52. The molecule has 0 aromatic heterocycles. The van der Waals surface area contributed by atoms with Crippen molar-refractivity contribution in [3.8, 4) is 0 Å². The maximum absolute atomic E-state index is 5.56. The van der Waals surface area contributed by atoms with E-state index in [1.165, 1.54) is 0 Å². The predicted octanol–water partition coefficient (Wildman–Crippen LogP) is 1.10. The molecule has 0 bridgehead atoms. The lowest BCUT2D eigenvalue weighted by Gasteiger charge is -1.88. The Hall–Kier alpha value is -0.730. The fraction of sp³-hybridized carbons (Fsp3) is 0. The number of hydrogen-bond acceptors (Lipinski definition) is 1. The summed E-state index contributed by atoms with van der Waals surface area (Å²) >= 11 is 5.56. The number of nitrogens with two attached hydrogens (primary N) is 1. The Bertz CT molecular complexity index is 152. The van der Waals surface area contributed by atoms with Crippen molar-refractivity contribution in [1.29, 1.82) is 0 Å². The van der Waals surface area contributed by atoms with Gasteiger partial charge in [-0.3, -0.25) is 0 Å². The molecule has 0 aliphatic carbocycles. The molecule has 0 saturated carbocycles. The number of anilines is 1. The molecule has 0 fully saturated rings. The summed E-state index contributed by atoms with van der Waals surface area (Å²) < 4.78 is 0. The van der Waals surface area contributed by atoms with Gasteiger partial charge in [-0.2, -0.15) is 0 Å². The first kappa shape index (κ1) is 8.27. The molecule has 0 amide bonds. The summed E-state index contributed by atoms with van der Waals surface area (Å²) in [5, 5.41) is 0.721. The van der Waals surface area contributed by atoms with Crippen molar-refractivity contribution in [3.05, 3.63) is 29.3 Å². The Kier molecular flexibility index (Phi) is 3.06. The van der Waals surface area contributed by atoms with Gasteiger partial charge in [-0.25, -0.2) is 0 Å². The first-order chi connectivity index (χ1) is 3.79.